The van der Waals surface area contributed by atoms with Crippen LogP contribution in [0.3, 0.4) is 0 Å². The van der Waals surface area contributed by atoms with Gasteiger partial charge in [-0.3, -0.25) is 4.79 Å². The summed E-state index contributed by atoms with van der Waals surface area (Å²) in [6.45, 7) is 1.59. The van der Waals surface area contributed by atoms with E-state index in [2.05, 4.69) is 15.9 Å². The van der Waals surface area contributed by atoms with Gasteiger partial charge >= 0.3 is 0 Å². The van der Waals surface area contributed by atoms with Crippen molar-refractivity contribution >= 4 is 33.3 Å². The molecule has 0 amide bonds. The summed E-state index contributed by atoms with van der Waals surface area (Å²) in [5.41, 5.74) is 0.560. The van der Waals surface area contributed by atoms with Gasteiger partial charge in [0.25, 0.3) is 0 Å². The lowest BCUT2D eigenvalue weighted by atomic mass is 9.99. The van der Waals surface area contributed by atoms with Crippen LogP contribution in [-0.4, -0.2) is 5.78 Å². The van der Waals surface area contributed by atoms with Crippen LogP contribution in [0.5, 0.6) is 0 Å². The van der Waals surface area contributed by atoms with E-state index in [1.807, 2.05) is 0 Å². The summed E-state index contributed by atoms with van der Waals surface area (Å²) in [6.07, 6.45) is 0. The number of hydrogen-bond donors (Lipinski definition) is 0. The van der Waals surface area contributed by atoms with Crippen molar-refractivity contribution < 1.29 is 13.6 Å². The maximum atomic E-state index is 13.8. The fourth-order valence-corrected chi connectivity index (χ4v) is 2.20. The molecule has 0 saturated carbocycles. The van der Waals surface area contributed by atoms with Crippen molar-refractivity contribution in [2.24, 2.45) is 0 Å². The molecule has 0 heterocycles. The van der Waals surface area contributed by atoms with Gasteiger partial charge in [-0.15, -0.1) is 0 Å². The molecule has 0 atom stereocenters. The normalized spacial score (nSPS) is 10.6. The predicted molar refractivity (Wildman–Crippen MR) is 73.7 cm³/mol. The van der Waals surface area contributed by atoms with E-state index in [0.29, 0.717) is 10.0 Å². The second-order valence-corrected chi connectivity index (χ2v) is 5.30. The number of aryl methyl sites for hydroxylation is 1. The predicted octanol–water partition coefficient (Wildman–Crippen LogP) is 4.92. The Labute approximate surface area is 122 Å². The van der Waals surface area contributed by atoms with Gasteiger partial charge in [0.15, 0.2) is 5.78 Å². The molecule has 0 aliphatic carbocycles. The summed E-state index contributed by atoms with van der Waals surface area (Å²) in [4.78, 5) is 12.2. The van der Waals surface area contributed by atoms with E-state index in [4.69, 9.17) is 11.6 Å². The fraction of sp³-hybridized carbons (Fsp3) is 0.0714. The van der Waals surface area contributed by atoms with E-state index in [9.17, 15) is 13.6 Å². The highest BCUT2D eigenvalue weighted by Gasteiger charge is 2.18. The average Bonchev–Trinajstić information content (AvgIpc) is 2.33. The number of halogens is 4. The standard InChI is InChI=1S/C14H8BrClF2O/c1-7-4-8(17)2-3-9(7)14(19)10-5-12(16)11(15)6-13(10)18/h2-6H,1H3. The van der Waals surface area contributed by atoms with Crippen LogP contribution in [0, 0.1) is 18.6 Å². The van der Waals surface area contributed by atoms with E-state index in [1.54, 1.807) is 6.92 Å². The van der Waals surface area contributed by atoms with Crippen molar-refractivity contribution in [1.29, 1.82) is 0 Å². The minimum atomic E-state index is -0.676. The van der Waals surface area contributed by atoms with Crippen LogP contribution in [0.25, 0.3) is 0 Å². The molecule has 0 aliphatic rings. The first kappa shape index (κ1) is 14.2. The van der Waals surface area contributed by atoms with Crippen molar-refractivity contribution in [1.82, 2.24) is 0 Å². The summed E-state index contributed by atoms with van der Waals surface area (Å²) in [5.74, 6) is -1.64. The SMILES string of the molecule is Cc1cc(F)ccc1C(=O)c1cc(Cl)c(Br)cc1F. The second kappa shape index (κ2) is 5.39. The summed E-state index contributed by atoms with van der Waals surface area (Å²) in [6, 6.07) is 6.12. The summed E-state index contributed by atoms with van der Waals surface area (Å²) >= 11 is 8.93. The lowest BCUT2D eigenvalue weighted by Gasteiger charge is -2.07. The van der Waals surface area contributed by atoms with Gasteiger partial charge in [-0.25, -0.2) is 8.78 Å². The Kier molecular flexibility index (Phi) is 4.02. The molecule has 98 valence electrons. The zero-order valence-electron chi connectivity index (χ0n) is 9.81. The van der Waals surface area contributed by atoms with Crippen molar-refractivity contribution in [2.45, 2.75) is 6.92 Å². The molecule has 0 spiro atoms. The van der Waals surface area contributed by atoms with E-state index in [1.165, 1.54) is 24.3 Å². The van der Waals surface area contributed by atoms with Crippen molar-refractivity contribution in [3.8, 4) is 0 Å². The maximum absolute atomic E-state index is 13.8. The Bertz CT molecular complexity index is 671. The first-order valence-corrected chi connectivity index (χ1v) is 6.52. The fourth-order valence-electron chi connectivity index (χ4n) is 1.72. The molecular weight excluding hydrogens is 338 g/mol. The molecule has 0 aromatic heterocycles. The Hall–Kier alpha value is -1.26. The van der Waals surface area contributed by atoms with Crippen LogP contribution in [0.15, 0.2) is 34.8 Å². The highest BCUT2D eigenvalue weighted by atomic mass is 79.9. The summed E-state index contributed by atoms with van der Waals surface area (Å²) < 4.78 is 27.2. The Balaban J connectivity index is 2.53. The molecule has 5 heteroatoms. The highest BCUT2D eigenvalue weighted by Crippen LogP contribution is 2.27. The molecular formula is C14H8BrClF2O. The third-order valence-electron chi connectivity index (χ3n) is 2.69. The second-order valence-electron chi connectivity index (χ2n) is 4.03. The third-order valence-corrected chi connectivity index (χ3v) is 3.88. The maximum Gasteiger partial charge on any atom is 0.196 e. The zero-order chi connectivity index (χ0) is 14.2. The van der Waals surface area contributed by atoms with Gasteiger partial charge in [-0.1, -0.05) is 11.6 Å². The summed E-state index contributed by atoms with van der Waals surface area (Å²) in [7, 11) is 0. The van der Waals surface area contributed by atoms with Crippen molar-refractivity contribution in [3.63, 3.8) is 0 Å². The zero-order valence-corrected chi connectivity index (χ0v) is 12.1. The van der Waals surface area contributed by atoms with Crippen LogP contribution in [-0.2, 0) is 0 Å². The van der Waals surface area contributed by atoms with Gasteiger partial charge in [0.2, 0.25) is 0 Å². The van der Waals surface area contributed by atoms with E-state index < -0.39 is 17.4 Å². The van der Waals surface area contributed by atoms with Gasteiger partial charge in [0.1, 0.15) is 11.6 Å². The summed E-state index contributed by atoms with van der Waals surface area (Å²) in [5, 5.41) is 0.240. The minimum absolute atomic E-state index is 0.136. The molecule has 2 aromatic carbocycles. The van der Waals surface area contributed by atoms with E-state index in [-0.39, 0.29) is 16.1 Å². The highest BCUT2D eigenvalue weighted by molar-refractivity contribution is 9.10. The quantitative estimate of drug-likeness (QED) is 0.558. The number of ketones is 1. The molecule has 0 fully saturated rings. The molecule has 1 nitrogen and oxygen atoms in total. The Morgan fingerprint density at radius 2 is 1.84 bits per heavy atom. The number of rotatable bonds is 2. The van der Waals surface area contributed by atoms with Crippen molar-refractivity contribution in [2.75, 3.05) is 0 Å². The molecule has 0 saturated heterocycles. The van der Waals surface area contributed by atoms with E-state index >= 15 is 0 Å². The molecule has 0 bridgehead atoms. The first-order valence-electron chi connectivity index (χ1n) is 5.35. The van der Waals surface area contributed by atoms with E-state index in [0.717, 1.165) is 6.07 Å². The molecule has 0 radical (unpaired) electrons. The molecule has 0 unspecified atom stereocenters. The van der Waals surface area contributed by atoms with Crippen LogP contribution in [0.2, 0.25) is 5.02 Å². The molecule has 0 N–H and O–H groups in total. The van der Waals surface area contributed by atoms with Gasteiger partial charge < -0.3 is 0 Å². The van der Waals surface area contributed by atoms with Crippen LogP contribution in [0.1, 0.15) is 21.5 Å². The number of hydrogen-bond acceptors (Lipinski definition) is 1. The van der Waals surface area contributed by atoms with Gasteiger partial charge in [0, 0.05) is 10.0 Å². The number of carbonyl (C=O) groups is 1. The smallest absolute Gasteiger partial charge is 0.196 e. The van der Waals surface area contributed by atoms with Crippen LogP contribution in [0.4, 0.5) is 8.78 Å². The molecule has 2 rings (SSSR count). The first-order chi connectivity index (χ1) is 8.90. The topological polar surface area (TPSA) is 17.1 Å². The van der Waals surface area contributed by atoms with Crippen LogP contribution < -0.4 is 0 Å². The monoisotopic (exact) mass is 344 g/mol. The molecule has 0 aliphatic heterocycles. The largest absolute Gasteiger partial charge is 0.288 e. The third kappa shape index (κ3) is 2.85. The lowest BCUT2D eigenvalue weighted by Crippen LogP contribution is -2.07. The lowest BCUT2D eigenvalue weighted by molar-refractivity contribution is 0.103. The van der Waals surface area contributed by atoms with Crippen molar-refractivity contribution in [3.05, 3.63) is 68.2 Å². The average molecular weight is 346 g/mol. The molecule has 2 aromatic rings. The van der Waals surface area contributed by atoms with Gasteiger partial charge in [-0.05, 0) is 58.7 Å². The van der Waals surface area contributed by atoms with Crippen LogP contribution >= 0.6 is 27.5 Å². The number of benzene rings is 2. The van der Waals surface area contributed by atoms with Gasteiger partial charge in [0.05, 0.1) is 10.6 Å². The molecule has 19 heavy (non-hydrogen) atoms. The van der Waals surface area contributed by atoms with Gasteiger partial charge in [-0.2, -0.15) is 0 Å². The Morgan fingerprint density at radius 1 is 1.16 bits per heavy atom. The minimum Gasteiger partial charge on any atom is -0.288 e. The number of carbonyl (C=O) groups excluding carboxylic acids is 1. The Morgan fingerprint density at radius 3 is 2.47 bits per heavy atom.